The highest BCUT2D eigenvalue weighted by Crippen LogP contribution is 2.11. The fourth-order valence-electron chi connectivity index (χ4n) is 1.64. The van der Waals surface area contributed by atoms with Gasteiger partial charge in [-0.3, -0.25) is 0 Å². The van der Waals surface area contributed by atoms with Crippen LogP contribution in [0, 0.1) is 0 Å². The lowest BCUT2D eigenvalue weighted by molar-refractivity contribution is 0.0897. The molecule has 84 valence electrons. The van der Waals surface area contributed by atoms with Gasteiger partial charge in [-0.25, -0.2) is 0 Å². The molecule has 0 aromatic carbocycles. The van der Waals surface area contributed by atoms with Gasteiger partial charge in [0.1, 0.15) is 0 Å². The first-order chi connectivity index (χ1) is 6.85. The van der Waals surface area contributed by atoms with Gasteiger partial charge in [0.15, 0.2) is 0 Å². The smallest absolute Gasteiger partial charge is 0.0568 e. The maximum absolute atomic E-state index is 5.33. The molecule has 1 heteroatoms. The lowest BCUT2D eigenvalue weighted by Gasteiger charge is -2.11. The van der Waals surface area contributed by atoms with E-state index in [-0.39, 0.29) is 0 Å². The van der Waals surface area contributed by atoms with Crippen LogP contribution >= 0.6 is 0 Å². The SMILES string of the molecule is C/C=C/CCCCCCC(CC)OC. The van der Waals surface area contributed by atoms with Gasteiger partial charge in [-0.05, 0) is 32.6 Å². The molecule has 0 saturated carbocycles. The molecule has 0 saturated heterocycles. The van der Waals surface area contributed by atoms with Crippen LogP contribution in [0.1, 0.15) is 58.8 Å². The number of allylic oxidation sites excluding steroid dienone is 2. The zero-order valence-corrected chi connectivity index (χ0v) is 10.1. The van der Waals surface area contributed by atoms with E-state index in [1.165, 1.54) is 38.5 Å². The number of hydrogen-bond donors (Lipinski definition) is 0. The van der Waals surface area contributed by atoms with Crippen LogP contribution in [0.25, 0.3) is 0 Å². The molecule has 0 radical (unpaired) electrons. The van der Waals surface area contributed by atoms with Gasteiger partial charge >= 0.3 is 0 Å². The number of unbranched alkanes of at least 4 members (excludes halogenated alkanes) is 4. The molecule has 0 heterocycles. The predicted molar refractivity (Wildman–Crippen MR) is 63.6 cm³/mol. The quantitative estimate of drug-likeness (QED) is 0.396. The van der Waals surface area contributed by atoms with Crippen molar-refractivity contribution < 1.29 is 4.74 Å². The maximum Gasteiger partial charge on any atom is 0.0568 e. The second-order valence-electron chi connectivity index (χ2n) is 3.83. The highest BCUT2D eigenvalue weighted by molar-refractivity contribution is 4.76. The monoisotopic (exact) mass is 198 g/mol. The molecule has 0 spiro atoms. The summed E-state index contributed by atoms with van der Waals surface area (Å²) in [6.45, 7) is 4.28. The topological polar surface area (TPSA) is 9.23 Å². The highest BCUT2D eigenvalue weighted by Gasteiger charge is 2.02. The van der Waals surface area contributed by atoms with Crippen LogP contribution in [0.15, 0.2) is 12.2 Å². The second kappa shape index (κ2) is 10.8. The molecule has 0 aliphatic rings. The average molecular weight is 198 g/mol. The van der Waals surface area contributed by atoms with Gasteiger partial charge in [-0.2, -0.15) is 0 Å². The summed E-state index contributed by atoms with van der Waals surface area (Å²) in [4.78, 5) is 0. The molecule has 1 atom stereocenters. The van der Waals surface area contributed by atoms with E-state index in [1.54, 1.807) is 0 Å². The Labute approximate surface area is 89.5 Å². The highest BCUT2D eigenvalue weighted by atomic mass is 16.5. The molecule has 0 fully saturated rings. The van der Waals surface area contributed by atoms with Crippen molar-refractivity contribution in [2.24, 2.45) is 0 Å². The van der Waals surface area contributed by atoms with E-state index in [0.717, 1.165) is 6.42 Å². The first-order valence-electron chi connectivity index (χ1n) is 5.99. The molecule has 0 aliphatic carbocycles. The van der Waals surface area contributed by atoms with Gasteiger partial charge in [0.25, 0.3) is 0 Å². The molecule has 14 heavy (non-hydrogen) atoms. The first-order valence-corrected chi connectivity index (χ1v) is 5.99. The van der Waals surface area contributed by atoms with Crippen LogP contribution in [-0.4, -0.2) is 13.2 Å². The van der Waals surface area contributed by atoms with E-state index < -0.39 is 0 Å². The van der Waals surface area contributed by atoms with Crippen molar-refractivity contribution in [1.29, 1.82) is 0 Å². The molecule has 0 bridgehead atoms. The fraction of sp³-hybridized carbons (Fsp3) is 0.846. The fourth-order valence-corrected chi connectivity index (χ4v) is 1.64. The third-order valence-corrected chi connectivity index (χ3v) is 2.67. The molecule has 0 aliphatic heterocycles. The number of ether oxygens (including phenoxy) is 1. The maximum atomic E-state index is 5.33. The van der Waals surface area contributed by atoms with Crippen molar-refractivity contribution in [3.05, 3.63) is 12.2 Å². The summed E-state index contributed by atoms with van der Waals surface area (Å²) in [5, 5.41) is 0. The van der Waals surface area contributed by atoms with Crippen LogP contribution in [0.5, 0.6) is 0 Å². The molecule has 0 amide bonds. The van der Waals surface area contributed by atoms with Crippen LogP contribution in [0.2, 0.25) is 0 Å². The molecule has 1 unspecified atom stereocenters. The Balaban J connectivity index is 3.12. The zero-order valence-electron chi connectivity index (χ0n) is 10.1. The largest absolute Gasteiger partial charge is 0.381 e. The number of hydrogen-bond acceptors (Lipinski definition) is 1. The second-order valence-corrected chi connectivity index (χ2v) is 3.83. The van der Waals surface area contributed by atoms with Crippen molar-refractivity contribution >= 4 is 0 Å². The van der Waals surface area contributed by atoms with Crippen molar-refractivity contribution in [2.75, 3.05) is 7.11 Å². The number of methoxy groups -OCH3 is 1. The van der Waals surface area contributed by atoms with Crippen LogP contribution in [0.4, 0.5) is 0 Å². The Morgan fingerprint density at radius 1 is 1.14 bits per heavy atom. The van der Waals surface area contributed by atoms with Gasteiger partial charge in [0.05, 0.1) is 6.10 Å². The Morgan fingerprint density at radius 2 is 1.86 bits per heavy atom. The molecule has 0 N–H and O–H groups in total. The summed E-state index contributed by atoms with van der Waals surface area (Å²) in [6.07, 6.45) is 13.9. The van der Waals surface area contributed by atoms with Gasteiger partial charge in [0, 0.05) is 7.11 Å². The van der Waals surface area contributed by atoms with Crippen LogP contribution in [-0.2, 0) is 4.74 Å². The van der Waals surface area contributed by atoms with E-state index >= 15 is 0 Å². The van der Waals surface area contributed by atoms with Gasteiger partial charge in [-0.15, -0.1) is 0 Å². The molecule has 0 rings (SSSR count). The van der Waals surface area contributed by atoms with E-state index in [9.17, 15) is 0 Å². The van der Waals surface area contributed by atoms with Crippen LogP contribution < -0.4 is 0 Å². The van der Waals surface area contributed by atoms with Gasteiger partial charge in [-0.1, -0.05) is 38.3 Å². The summed E-state index contributed by atoms with van der Waals surface area (Å²) < 4.78 is 5.33. The first kappa shape index (κ1) is 13.7. The summed E-state index contributed by atoms with van der Waals surface area (Å²) in [7, 11) is 1.82. The van der Waals surface area contributed by atoms with Crippen molar-refractivity contribution in [3.63, 3.8) is 0 Å². The van der Waals surface area contributed by atoms with Crippen LogP contribution in [0.3, 0.4) is 0 Å². The summed E-state index contributed by atoms with van der Waals surface area (Å²) in [6, 6.07) is 0. The minimum Gasteiger partial charge on any atom is -0.381 e. The standard InChI is InChI=1S/C13H26O/c1-4-6-7-8-9-10-11-12-13(5-2)14-3/h4,6,13H,5,7-12H2,1-3H3/b6-4+. The molecular weight excluding hydrogens is 172 g/mol. The Kier molecular flexibility index (Phi) is 10.5. The lowest BCUT2D eigenvalue weighted by Crippen LogP contribution is -2.08. The normalized spacial score (nSPS) is 13.6. The third-order valence-electron chi connectivity index (χ3n) is 2.67. The summed E-state index contributed by atoms with van der Waals surface area (Å²) >= 11 is 0. The van der Waals surface area contributed by atoms with E-state index in [0.29, 0.717) is 6.10 Å². The van der Waals surface area contributed by atoms with Gasteiger partial charge in [0.2, 0.25) is 0 Å². The van der Waals surface area contributed by atoms with Crippen molar-refractivity contribution in [2.45, 2.75) is 64.9 Å². The minimum atomic E-state index is 0.491. The number of rotatable bonds is 9. The van der Waals surface area contributed by atoms with E-state index in [4.69, 9.17) is 4.74 Å². The van der Waals surface area contributed by atoms with E-state index in [1.807, 2.05) is 7.11 Å². The zero-order chi connectivity index (χ0) is 10.6. The minimum absolute atomic E-state index is 0.491. The molecule has 0 aromatic heterocycles. The summed E-state index contributed by atoms with van der Waals surface area (Å²) in [5.74, 6) is 0. The Hall–Kier alpha value is -0.300. The van der Waals surface area contributed by atoms with Crippen molar-refractivity contribution in [1.82, 2.24) is 0 Å². The third kappa shape index (κ3) is 8.31. The molecular formula is C13H26O. The van der Waals surface area contributed by atoms with Gasteiger partial charge < -0.3 is 4.74 Å². The lowest BCUT2D eigenvalue weighted by atomic mass is 10.1. The molecule has 1 nitrogen and oxygen atoms in total. The van der Waals surface area contributed by atoms with Crippen molar-refractivity contribution in [3.8, 4) is 0 Å². The molecule has 0 aromatic rings. The predicted octanol–water partition coefficient (Wildman–Crippen LogP) is 4.33. The Morgan fingerprint density at radius 3 is 2.43 bits per heavy atom. The summed E-state index contributed by atoms with van der Waals surface area (Å²) in [5.41, 5.74) is 0. The van der Waals surface area contributed by atoms with E-state index in [2.05, 4.69) is 26.0 Å². The Bertz CT molecular complexity index is 125. The average Bonchev–Trinajstić information content (AvgIpc) is 2.22.